The van der Waals surface area contributed by atoms with E-state index in [9.17, 15) is 17.6 Å². The molecule has 1 unspecified atom stereocenters. The van der Waals surface area contributed by atoms with E-state index in [-0.39, 0.29) is 17.1 Å². The van der Waals surface area contributed by atoms with Gasteiger partial charge in [0.15, 0.2) is 15.5 Å². The van der Waals surface area contributed by atoms with Crippen LogP contribution in [0.1, 0.15) is 12.0 Å². The number of allylic oxidation sites excluding steroid dienone is 4. The standard InChI is InChI=1S/C17H14F2O4S/c1-24(21,22)13-6-4-11(5-7-13)14-10-23-16(20)15(14)17(19)8-2-3-12(18)9-17/h2-8H,9-10H2,1H3. The molecule has 7 heteroatoms. The van der Waals surface area contributed by atoms with Gasteiger partial charge in [-0.1, -0.05) is 18.2 Å². The number of alkyl halides is 1. The molecule has 3 rings (SSSR count). The molecule has 1 aliphatic heterocycles. The number of hydrogen-bond acceptors (Lipinski definition) is 4. The molecular weight excluding hydrogens is 338 g/mol. The molecule has 24 heavy (non-hydrogen) atoms. The second-order valence-corrected chi connectivity index (χ2v) is 7.75. The summed E-state index contributed by atoms with van der Waals surface area (Å²) in [5.74, 6) is -1.50. The fourth-order valence-electron chi connectivity index (χ4n) is 2.80. The van der Waals surface area contributed by atoms with Crippen molar-refractivity contribution in [3.63, 3.8) is 0 Å². The molecule has 0 saturated heterocycles. The summed E-state index contributed by atoms with van der Waals surface area (Å²) in [5, 5.41) is 0. The zero-order valence-corrected chi connectivity index (χ0v) is 13.6. The van der Waals surface area contributed by atoms with E-state index in [1.807, 2.05) is 0 Å². The van der Waals surface area contributed by atoms with Crippen molar-refractivity contribution in [2.75, 3.05) is 12.9 Å². The first-order valence-electron chi connectivity index (χ1n) is 7.15. The highest BCUT2D eigenvalue weighted by Gasteiger charge is 2.44. The van der Waals surface area contributed by atoms with Gasteiger partial charge in [-0.3, -0.25) is 0 Å². The number of cyclic esters (lactones) is 1. The quantitative estimate of drug-likeness (QED) is 0.785. The Bertz CT molecular complexity index is 895. The van der Waals surface area contributed by atoms with Gasteiger partial charge in [0.05, 0.1) is 10.5 Å². The highest BCUT2D eigenvalue weighted by atomic mass is 32.2. The first-order chi connectivity index (χ1) is 11.2. The molecule has 4 nitrogen and oxygen atoms in total. The predicted octanol–water partition coefficient (Wildman–Crippen LogP) is 2.92. The van der Waals surface area contributed by atoms with E-state index in [0.29, 0.717) is 11.1 Å². The maximum Gasteiger partial charge on any atom is 0.338 e. The van der Waals surface area contributed by atoms with Crippen LogP contribution in [0.4, 0.5) is 8.78 Å². The third-order valence-electron chi connectivity index (χ3n) is 3.96. The first kappa shape index (κ1) is 16.6. The van der Waals surface area contributed by atoms with E-state index >= 15 is 4.39 Å². The summed E-state index contributed by atoms with van der Waals surface area (Å²) in [7, 11) is -3.36. The average molecular weight is 352 g/mol. The molecular formula is C17H14F2O4S. The van der Waals surface area contributed by atoms with E-state index in [1.54, 1.807) is 0 Å². The topological polar surface area (TPSA) is 60.4 Å². The van der Waals surface area contributed by atoms with Crippen LogP contribution in [0.3, 0.4) is 0 Å². The Balaban J connectivity index is 2.07. The summed E-state index contributed by atoms with van der Waals surface area (Å²) in [6, 6.07) is 5.71. The van der Waals surface area contributed by atoms with Crippen LogP contribution < -0.4 is 0 Å². The Morgan fingerprint density at radius 3 is 2.46 bits per heavy atom. The molecule has 0 amide bonds. The van der Waals surface area contributed by atoms with Crippen LogP contribution in [0.25, 0.3) is 5.57 Å². The van der Waals surface area contributed by atoms with Gasteiger partial charge in [0.1, 0.15) is 12.4 Å². The summed E-state index contributed by atoms with van der Waals surface area (Å²) in [6.07, 6.45) is 4.00. The maximum atomic E-state index is 15.2. The second-order valence-electron chi connectivity index (χ2n) is 5.74. The van der Waals surface area contributed by atoms with Crippen molar-refractivity contribution in [2.24, 2.45) is 0 Å². The highest BCUT2D eigenvalue weighted by molar-refractivity contribution is 7.90. The predicted molar refractivity (Wildman–Crippen MR) is 84.2 cm³/mol. The number of sulfone groups is 1. The molecule has 0 N–H and O–H groups in total. The van der Waals surface area contributed by atoms with Gasteiger partial charge in [-0.2, -0.15) is 0 Å². The number of rotatable bonds is 3. The molecule has 0 saturated carbocycles. The Morgan fingerprint density at radius 1 is 1.21 bits per heavy atom. The molecule has 0 spiro atoms. The minimum atomic E-state index is -3.36. The molecule has 0 bridgehead atoms. The minimum absolute atomic E-state index is 0.111. The monoisotopic (exact) mass is 352 g/mol. The van der Waals surface area contributed by atoms with Crippen molar-refractivity contribution in [1.29, 1.82) is 0 Å². The summed E-state index contributed by atoms with van der Waals surface area (Å²) in [4.78, 5) is 12.1. The molecule has 1 aliphatic carbocycles. The fraction of sp³-hybridized carbons (Fsp3) is 0.235. The second kappa shape index (κ2) is 5.66. The molecule has 1 heterocycles. The molecule has 0 radical (unpaired) electrons. The lowest BCUT2D eigenvalue weighted by atomic mass is 9.84. The van der Waals surface area contributed by atoms with E-state index < -0.39 is 33.7 Å². The Morgan fingerprint density at radius 2 is 1.88 bits per heavy atom. The van der Waals surface area contributed by atoms with Crippen LogP contribution in [0.5, 0.6) is 0 Å². The number of hydrogen-bond donors (Lipinski definition) is 0. The number of carbonyl (C=O) groups is 1. The van der Waals surface area contributed by atoms with E-state index in [0.717, 1.165) is 18.4 Å². The normalized spacial score (nSPS) is 24.1. The van der Waals surface area contributed by atoms with Crippen LogP contribution in [0, 0.1) is 0 Å². The van der Waals surface area contributed by atoms with Crippen LogP contribution in [0.15, 0.2) is 58.8 Å². The van der Waals surface area contributed by atoms with Crippen molar-refractivity contribution >= 4 is 21.4 Å². The minimum Gasteiger partial charge on any atom is -0.457 e. The Hall–Kier alpha value is -2.28. The lowest BCUT2D eigenvalue weighted by molar-refractivity contribution is -0.136. The molecule has 0 aromatic heterocycles. The van der Waals surface area contributed by atoms with Crippen molar-refractivity contribution in [3.8, 4) is 0 Å². The average Bonchev–Trinajstić information content (AvgIpc) is 2.89. The fourth-order valence-corrected chi connectivity index (χ4v) is 3.43. The van der Waals surface area contributed by atoms with E-state index in [1.165, 1.54) is 30.3 Å². The third kappa shape index (κ3) is 2.91. The third-order valence-corrected chi connectivity index (χ3v) is 5.09. The van der Waals surface area contributed by atoms with Crippen LogP contribution in [-0.4, -0.2) is 32.9 Å². The first-order valence-corrected chi connectivity index (χ1v) is 9.04. The number of halogens is 2. The summed E-state index contributed by atoms with van der Waals surface area (Å²) in [6.45, 7) is -0.142. The smallest absolute Gasteiger partial charge is 0.338 e. The number of ether oxygens (including phenoxy) is 1. The zero-order chi connectivity index (χ0) is 17.5. The van der Waals surface area contributed by atoms with Gasteiger partial charge < -0.3 is 4.74 Å². The Kier molecular flexibility index (Phi) is 3.91. The lowest BCUT2D eigenvalue weighted by Gasteiger charge is -2.23. The van der Waals surface area contributed by atoms with Crippen LogP contribution in [0.2, 0.25) is 0 Å². The number of carbonyl (C=O) groups excluding carboxylic acids is 1. The van der Waals surface area contributed by atoms with Gasteiger partial charge in [-0.05, 0) is 29.8 Å². The van der Waals surface area contributed by atoms with Gasteiger partial charge in [0, 0.05) is 18.2 Å². The lowest BCUT2D eigenvalue weighted by Crippen LogP contribution is -2.29. The number of esters is 1. The van der Waals surface area contributed by atoms with Crippen LogP contribution in [-0.2, 0) is 19.4 Å². The van der Waals surface area contributed by atoms with Gasteiger partial charge in [-0.15, -0.1) is 0 Å². The molecule has 1 aromatic carbocycles. The van der Waals surface area contributed by atoms with Crippen LogP contribution >= 0.6 is 0 Å². The zero-order valence-electron chi connectivity index (χ0n) is 12.8. The highest BCUT2D eigenvalue weighted by Crippen LogP contribution is 2.41. The molecule has 126 valence electrons. The van der Waals surface area contributed by atoms with Crippen molar-refractivity contribution in [2.45, 2.75) is 17.0 Å². The molecule has 0 fully saturated rings. The van der Waals surface area contributed by atoms with Gasteiger partial charge in [0.2, 0.25) is 0 Å². The van der Waals surface area contributed by atoms with Crippen molar-refractivity contribution in [3.05, 3.63) is 59.5 Å². The van der Waals surface area contributed by atoms with E-state index in [4.69, 9.17) is 4.74 Å². The van der Waals surface area contributed by atoms with Gasteiger partial charge in [0.25, 0.3) is 0 Å². The summed E-state index contributed by atoms with van der Waals surface area (Å²) in [5.41, 5.74) is -1.77. The number of benzene rings is 1. The SMILES string of the molecule is CS(=O)(=O)c1ccc(C2=C(C3(F)C=CC=C(F)C3)C(=O)OC2)cc1. The summed E-state index contributed by atoms with van der Waals surface area (Å²) >= 11 is 0. The largest absolute Gasteiger partial charge is 0.457 e. The van der Waals surface area contributed by atoms with Gasteiger partial charge >= 0.3 is 5.97 Å². The van der Waals surface area contributed by atoms with Gasteiger partial charge in [-0.25, -0.2) is 22.0 Å². The molecule has 1 aromatic rings. The van der Waals surface area contributed by atoms with Crippen molar-refractivity contribution in [1.82, 2.24) is 0 Å². The van der Waals surface area contributed by atoms with E-state index in [2.05, 4.69) is 0 Å². The summed E-state index contributed by atoms with van der Waals surface area (Å²) < 4.78 is 56.6. The maximum absolute atomic E-state index is 15.2. The molecule has 2 aliphatic rings. The molecule has 1 atom stereocenters. The Labute approximate surface area is 138 Å². The van der Waals surface area contributed by atoms with Crippen molar-refractivity contribution < 1.29 is 26.7 Å².